The lowest BCUT2D eigenvalue weighted by Crippen LogP contribution is -2.22. The van der Waals surface area contributed by atoms with Crippen LogP contribution in [0.1, 0.15) is 63.8 Å². The average Bonchev–Trinajstić information content (AvgIpc) is 2.77. The van der Waals surface area contributed by atoms with Crippen LogP contribution in [0, 0.1) is 0 Å². The van der Waals surface area contributed by atoms with Crippen LogP contribution < -0.4 is 0 Å². The van der Waals surface area contributed by atoms with Crippen LogP contribution in [0.3, 0.4) is 0 Å². The molecule has 0 aromatic heterocycles. The van der Waals surface area contributed by atoms with Crippen molar-refractivity contribution in [3.05, 3.63) is 58.7 Å². The summed E-state index contributed by atoms with van der Waals surface area (Å²) in [6.45, 7) is 18.1. The van der Waals surface area contributed by atoms with Gasteiger partial charge in [-0.2, -0.15) is 0 Å². The first-order chi connectivity index (χ1) is 14.3. The second-order valence-electron chi connectivity index (χ2n) is 7.86. The number of allylic oxidation sites excluding steroid dienone is 2. The first-order valence-corrected chi connectivity index (χ1v) is 11.1. The zero-order valence-corrected chi connectivity index (χ0v) is 19.5. The van der Waals surface area contributed by atoms with E-state index in [9.17, 15) is 10.2 Å². The van der Waals surface area contributed by atoms with E-state index in [0.717, 1.165) is 61.5 Å². The van der Waals surface area contributed by atoms with Crippen LogP contribution in [0.25, 0.3) is 11.1 Å². The number of nitrogens with zero attached hydrogens (tertiary/aromatic N) is 2. The Labute approximate surface area is 182 Å². The Morgan fingerprint density at radius 1 is 0.633 bits per heavy atom. The predicted molar refractivity (Wildman–Crippen MR) is 128 cm³/mol. The molecule has 0 heterocycles. The van der Waals surface area contributed by atoms with Gasteiger partial charge in [-0.15, -0.1) is 0 Å². The minimum atomic E-state index is 0.349. The van der Waals surface area contributed by atoms with Crippen molar-refractivity contribution >= 4 is 11.1 Å². The molecule has 2 rings (SSSR count). The van der Waals surface area contributed by atoms with Crippen molar-refractivity contribution in [2.45, 2.75) is 54.6 Å². The molecule has 0 bridgehead atoms. The average molecular weight is 411 g/mol. The summed E-state index contributed by atoms with van der Waals surface area (Å²) < 4.78 is 0. The number of phenols is 2. The third-order valence-electron chi connectivity index (χ3n) is 6.16. The molecule has 4 heteroatoms. The molecule has 0 fully saturated rings. The SMILES string of the molecule is CCN(CC)Cc1cc(C(C)=C(C)c2ccc(O)c(CN(CC)CC)c2)ccc1O. The Morgan fingerprint density at radius 3 is 1.27 bits per heavy atom. The molecule has 30 heavy (non-hydrogen) atoms. The molecule has 2 N–H and O–H groups in total. The largest absolute Gasteiger partial charge is 0.508 e. The lowest BCUT2D eigenvalue weighted by molar-refractivity contribution is 0.291. The summed E-state index contributed by atoms with van der Waals surface area (Å²) in [5.41, 5.74) is 6.50. The van der Waals surface area contributed by atoms with Crippen molar-refractivity contribution in [2.75, 3.05) is 26.2 Å². The summed E-state index contributed by atoms with van der Waals surface area (Å²) in [5, 5.41) is 20.7. The first kappa shape index (κ1) is 24.0. The number of hydrogen-bond donors (Lipinski definition) is 2. The van der Waals surface area contributed by atoms with Gasteiger partial charge in [-0.05, 0) is 86.6 Å². The normalized spacial score (nSPS) is 12.5. The first-order valence-electron chi connectivity index (χ1n) is 11.1. The monoisotopic (exact) mass is 410 g/mol. The van der Waals surface area contributed by atoms with Gasteiger partial charge in [-0.1, -0.05) is 39.8 Å². The zero-order valence-electron chi connectivity index (χ0n) is 19.5. The summed E-state index contributed by atoms with van der Waals surface area (Å²) in [5.74, 6) is 0.699. The van der Waals surface area contributed by atoms with Gasteiger partial charge in [0.05, 0.1) is 0 Å². The maximum Gasteiger partial charge on any atom is 0.120 e. The standard InChI is InChI=1S/C26H38N2O2/c1-7-27(8-2)17-23-15-21(11-13-25(23)29)19(5)20(6)22-12-14-26(30)24(16-22)18-28(9-3)10-4/h11-16,29-30H,7-10,17-18H2,1-6H3. The van der Waals surface area contributed by atoms with E-state index in [2.05, 4.69) is 63.5 Å². The van der Waals surface area contributed by atoms with E-state index in [1.54, 1.807) is 12.1 Å². The van der Waals surface area contributed by atoms with Crippen LogP contribution in [0.2, 0.25) is 0 Å². The highest BCUT2D eigenvalue weighted by Crippen LogP contribution is 2.31. The van der Waals surface area contributed by atoms with Crippen molar-refractivity contribution in [1.82, 2.24) is 9.80 Å². The molecule has 0 aliphatic heterocycles. The zero-order chi connectivity index (χ0) is 22.3. The van der Waals surface area contributed by atoms with E-state index in [-0.39, 0.29) is 0 Å². The quantitative estimate of drug-likeness (QED) is 0.491. The highest BCUT2D eigenvalue weighted by atomic mass is 16.3. The van der Waals surface area contributed by atoms with E-state index in [1.165, 1.54) is 11.1 Å². The molecule has 0 atom stereocenters. The van der Waals surface area contributed by atoms with Gasteiger partial charge in [-0.25, -0.2) is 0 Å². The van der Waals surface area contributed by atoms with E-state index in [0.29, 0.717) is 11.5 Å². The summed E-state index contributed by atoms with van der Waals surface area (Å²) in [6.07, 6.45) is 0. The van der Waals surface area contributed by atoms with Gasteiger partial charge in [-0.3, -0.25) is 9.80 Å². The summed E-state index contributed by atoms with van der Waals surface area (Å²) in [7, 11) is 0. The molecule has 0 amide bonds. The highest BCUT2D eigenvalue weighted by molar-refractivity contribution is 5.89. The van der Waals surface area contributed by atoms with E-state index >= 15 is 0 Å². The summed E-state index contributed by atoms with van der Waals surface area (Å²) >= 11 is 0. The van der Waals surface area contributed by atoms with Crippen LogP contribution in [-0.2, 0) is 13.1 Å². The van der Waals surface area contributed by atoms with E-state index in [4.69, 9.17) is 0 Å². The van der Waals surface area contributed by atoms with E-state index < -0.39 is 0 Å². The number of rotatable bonds is 10. The molecular weight excluding hydrogens is 372 g/mol. The lowest BCUT2D eigenvalue weighted by atomic mass is 9.94. The fourth-order valence-corrected chi connectivity index (χ4v) is 3.70. The lowest BCUT2D eigenvalue weighted by Gasteiger charge is -2.20. The number of aromatic hydroxyl groups is 2. The van der Waals surface area contributed by atoms with Gasteiger partial charge < -0.3 is 10.2 Å². The Bertz CT molecular complexity index is 794. The van der Waals surface area contributed by atoms with Crippen molar-refractivity contribution in [3.8, 4) is 11.5 Å². The van der Waals surface area contributed by atoms with E-state index in [1.807, 2.05) is 12.1 Å². The number of phenolic OH excluding ortho intramolecular Hbond substituents is 2. The minimum absolute atomic E-state index is 0.349. The molecule has 0 saturated heterocycles. The van der Waals surface area contributed by atoms with Gasteiger partial charge >= 0.3 is 0 Å². The Balaban J connectivity index is 2.39. The Kier molecular flexibility index (Phi) is 8.94. The summed E-state index contributed by atoms with van der Waals surface area (Å²) in [4.78, 5) is 4.59. The van der Waals surface area contributed by atoms with Crippen LogP contribution in [0.15, 0.2) is 36.4 Å². The van der Waals surface area contributed by atoms with Gasteiger partial charge in [0.25, 0.3) is 0 Å². The molecule has 0 radical (unpaired) electrons. The smallest absolute Gasteiger partial charge is 0.120 e. The Morgan fingerprint density at radius 2 is 0.967 bits per heavy atom. The van der Waals surface area contributed by atoms with Crippen LogP contribution in [0.4, 0.5) is 0 Å². The molecule has 0 aliphatic carbocycles. The highest BCUT2D eigenvalue weighted by Gasteiger charge is 2.12. The van der Waals surface area contributed by atoms with Crippen molar-refractivity contribution in [1.29, 1.82) is 0 Å². The molecule has 0 aliphatic rings. The third-order valence-corrected chi connectivity index (χ3v) is 6.16. The minimum Gasteiger partial charge on any atom is -0.508 e. The predicted octanol–water partition coefficient (Wildman–Crippen LogP) is 5.73. The maximum atomic E-state index is 10.3. The van der Waals surface area contributed by atoms with Crippen molar-refractivity contribution in [3.63, 3.8) is 0 Å². The maximum absolute atomic E-state index is 10.3. The fraction of sp³-hybridized carbons (Fsp3) is 0.462. The topological polar surface area (TPSA) is 46.9 Å². The van der Waals surface area contributed by atoms with Crippen molar-refractivity contribution in [2.24, 2.45) is 0 Å². The van der Waals surface area contributed by atoms with Gasteiger partial charge in [0.2, 0.25) is 0 Å². The number of hydrogen-bond acceptors (Lipinski definition) is 4. The fourth-order valence-electron chi connectivity index (χ4n) is 3.70. The third kappa shape index (κ3) is 5.87. The molecule has 0 spiro atoms. The molecule has 2 aromatic carbocycles. The molecular formula is C26H38N2O2. The van der Waals surface area contributed by atoms with Crippen LogP contribution in [0.5, 0.6) is 11.5 Å². The molecule has 0 unspecified atom stereocenters. The van der Waals surface area contributed by atoms with Gasteiger partial charge in [0.15, 0.2) is 0 Å². The molecule has 0 saturated carbocycles. The Hall–Kier alpha value is -2.30. The molecule has 2 aromatic rings. The van der Waals surface area contributed by atoms with Crippen molar-refractivity contribution < 1.29 is 10.2 Å². The second-order valence-corrected chi connectivity index (χ2v) is 7.86. The summed E-state index contributed by atoms with van der Waals surface area (Å²) in [6, 6.07) is 11.8. The second kappa shape index (κ2) is 11.2. The van der Waals surface area contributed by atoms with Crippen LogP contribution >= 0.6 is 0 Å². The van der Waals surface area contributed by atoms with Gasteiger partial charge in [0.1, 0.15) is 11.5 Å². The molecule has 4 nitrogen and oxygen atoms in total. The molecule has 164 valence electrons. The van der Waals surface area contributed by atoms with Crippen LogP contribution in [-0.4, -0.2) is 46.2 Å². The number of benzene rings is 2. The van der Waals surface area contributed by atoms with Gasteiger partial charge in [0, 0.05) is 24.2 Å².